The molecule has 2 atom stereocenters. The first kappa shape index (κ1) is 15.8. The maximum atomic E-state index is 10.9. The van der Waals surface area contributed by atoms with Crippen molar-refractivity contribution in [3.8, 4) is 5.75 Å². The smallest absolute Gasteiger partial charge is 0.274 e. The van der Waals surface area contributed by atoms with E-state index in [2.05, 4.69) is 0 Å². The highest BCUT2D eigenvalue weighted by Crippen LogP contribution is 2.32. The van der Waals surface area contributed by atoms with Gasteiger partial charge in [0.2, 0.25) is 0 Å². The fourth-order valence-corrected chi connectivity index (χ4v) is 2.35. The van der Waals surface area contributed by atoms with Gasteiger partial charge < -0.3 is 9.84 Å². The van der Waals surface area contributed by atoms with E-state index in [1.165, 1.54) is 23.9 Å². The molecule has 0 aliphatic heterocycles. The Morgan fingerprint density at radius 3 is 2.63 bits per heavy atom. The lowest BCUT2D eigenvalue weighted by atomic mass is 10.3. The maximum absolute atomic E-state index is 10.9. The molecule has 0 fully saturated rings. The van der Waals surface area contributed by atoms with Crippen molar-refractivity contribution >= 4 is 17.4 Å². The molecule has 106 valence electrons. The third kappa shape index (κ3) is 5.08. The Labute approximate surface area is 117 Å². The minimum Gasteiger partial charge on any atom is -0.493 e. The molecule has 1 rings (SSSR count). The second kappa shape index (κ2) is 7.35. The number of ether oxygens (including phenoxy) is 1. The number of hydrogen-bond donors (Lipinski definition) is 1. The molecule has 0 spiro atoms. The largest absolute Gasteiger partial charge is 0.493 e. The van der Waals surface area contributed by atoms with E-state index in [9.17, 15) is 15.2 Å². The second-order valence-corrected chi connectivity index (χ2v) is 5.78. The van der Waals surface area contributed by atoms with E-state index in [4.69, 9.17) is 4.74 Å². The average Bonchev–Trinajstić information content (AvgIpc) is 2.35. The van der Waals surface area contributed by atoms with E-state index in [1.807, 2.05) is 13.8 Å². The molecule has 0 bridgehead atoms. The number of aliphatic hydroxyl groups is 1. The molecule has 19 heavy (non-hydrogen) atoms. The highest BCUT2D eigenvalue weighted by molar-refractivity contribution is 8.00. The summed E-state index contributed by atoms with van der Waals surface area (Å²) in [6, 6.07) is 4.70. The van der Waals surface area contributed by atoms with Crippen molar-refractivity contribution in [1.29, 1.82) is 0 Å². The lowest BCUT2D eigenvalue weighted by Gasteiger charge is -2.14. The molecule has 1 N–H and O–H groups in total. The Hall–Kier alpha value is -1.27. The van der Waals surface area contributed by atoms with Gasteiger partial charge in [0.15, 0.2) is 0 Å². The van der Waals surface area contributed by atoms with Crippen molar-refractivity contribution in [2.45, 2.75) is 43.4 Å². The summed E-state index contributed by atoms with van der Waals surface area (Å²) in [6.45, 7) is 6.07. The van der Waals surface area contributed by atoms with Crippen molar-refractivity contribution in [2.24, 2.45) is 0 Å². The zero-order valence-electron chi connectivity index (χ0n) is 11.3. The van der Waals surface area contributed by atoms with Gasteiger partial charge in [-0.15, -0.1) is 11.8 Å². The van der Waals surface area contributed by atoms with Crippen LogP contribution in [-0.2, 0) is 0 Å². The molecule has 1 aromatic carbocycles. The number of hydrogen-bond acceptors (Lipinski definition) is 5. The molecule has 0 amide bonds. The van der Waals surface area contributed by atoms with Gasteiger partial charge in [-0.2, -0.15) is 0 Å². The SMILES string of the molecule is CCCOc1cc(SC(C)C(C)O)cc([N+](=O)[O-])c1. The quantitative estimate of drug-likeness (QED) is 0.473. The number of rotatable bonds is 7. The highest BCUT2D eigenvalue weighted by Gasteiger charge is 2.15. The fourth-order valence-electron chi connectivity index (χ4n) is 1.35. The zero-order valence-corrected chi connectivity index (χ0v) is 12.1. The third-order valence-corrected chi connectivity index (χ3v) is 3.82. The molecule has 0 heterocycles. The number of benzene rings is 1. The van der Waals surface area contributed by atoms with Crippen LogP contribution in [0.3, 0.4) is 0 Å². The Bertz CT molecular complexity index is 437. The van der Waals surface area contributed by atoms with Crippen LogP contribution in [0.4, 0.5) is 5.69 Å². The normalized spacial score (nSPS) is 13.9. The highest BCUT2D eigenvalue weighted by atomic mass is 32.2. The molecular weight excluding hydrogens is 266 g/mol. The summed E-state index contributed by atoms with van der Waals surface area (Å²) < 4.78 is 5.45. The van der Waals surface area contributed by atoms with Crippen LogP contribution in [0.15, 0.2) is 23.1 Å². The molecular formula is C13H19NO4S. The van der Waals surface area contributed by atoms with Gasteiger partial charge in [0.25, 0.3) is 5.69 Å². The minimum atomic E-state index is -0.482. The molecule has 6 heteroatoms. The predicted octanol–water partition coefficient (Wildman–Crippen LogP) is 3.25. The molecule has 2 unspecified atom stereocenters. The lowest BCUT2D eigenvalue weighted by Crippen LogP contribution is -2.14. The molecule has 0 aliphatic rings. The van der Waals surface area contributed by atoms with Crippen LogP contribution in [0.2, 0.25) is 0 Å². The van der Waals surface area contributed by atoms with E-state index >= 15 is 0 Å². The Balaban J connectivity index is 2.95. The Kier molecular flexibility index (Phi) is 6.11. The predicted molar refractivity (Wildman–Crippen MR) is 75.9 cm³/mol. The lowest BCUT2D eigenvalue weighted by molar-refractivity contribution is -0.385. The number of nitro groups is 1. The van der Waals surface area contributed by atoms with Crippen LogP contribution in [0.25, 0.3) is 0 Å². The van der Waals surface area contributed by atoms with Crippen molar-refractivity contribution in [3.05, 3.63) is 28.3 Å². The van der Waals surface area contributed by atoms with Crippen molar-refractivity contribution < 1.29 is 14.8 Å². The van der Waals surface area contributed by atoms with Crippen LogP contribution < -0.4 is 4.74 Å². The first-order valence-electron chi connectivity index (χ1n) is 6.21. The van der Waals surface area contributed by atoms with E-state index in [0.717, 1.165) is 11.3 Å². The molecule has 0 radical (unpaired) electrons. The van der Waals surface area contributed by atoms with Crippen LogP contribution >= 0.6 is 11.8 Å². The van der Waals surface area contributed by atoms with Crippen LogP contribution in [-0.4, -0.2) is 28.0 Å². The minimum absolute atomic E-state index is 0.00824. The average molecular weight is 285 g/mol. The Morgan fingerprint density at radius 2 is 2.11 bits per heavy atom. The van der Waals surface area contributed by atoms with Crippen LogP contribution in [0.1, 0.15) is 27.2 Å². The van der Waals surface area contributed by atoms with Crippen molar-refractivity contribution in [3.63, 3.8) is 0 Å². The van der Waals surface area contributed by atoms with E-state index in [0.29, 0.717) is 12.4 Å². The van der Waals surface area contributed by atoms with E-state index in [1.54, 1.807) is 13.0 Å². The van der Waals surface area contributed by atoms with Gasteiger partial charge in [0.05, 0.1) is 23.7 Å². The summed E-state index contributed by atoms with van der Waals surface area (Å²) >= 11 is 1.40. The maximum Gasteiger partial charge on any atom is 0.274 e. The number of non-ortho nitro benzene ring substituents is 1. The first-order valence-corrected chi connectivity index (χ1v) is 7.09. The van der Waals surface area contributed by atoms with Gasteiger partial charge in [-0.25, -0.2) is 0 Å². The molecule has 0 saturated carbocycles. The van der Waals surface area contributed by atoms with Crippen LogP contribution in [0, 0.1) is 10.1 Å². The number of aliphatic hydroxyl groups excluding tert-OH is 1. The Morgan fingerprint density at radius 1 is 1.42 bits per heavy atom. The molecule has 5 nitrogen and oxygen atoms in total. The molecule has 0 saturated heterocycles. The zero-order chi connectivity index (χ0) is 14.4. The third-order valence-electron chi connectivity index (χ3n) is 2.55. The summed E-state index contributed by atoms with van der Waals surface area (Å²) in [5.74, 6) is 0.497. The molecule has 0 aliphatic carbocycles. The second-order valence-electron chi connectivity index (χ2n) is 4.33. The summed E-state index contributed by atoms with van der Waals surface area (Å²) in [6.07, 6.45) is 0.360. The van der Waals surface area contributed by atoms with Crippen molar-refractivity contribution in [2.75, 3.05) is 6.61 Å². The summed E-state index contributed by atoms with van der Waals surface area (Å²) in [7, 11) is 0. The van der Waals surface area contributed by atoms with Gasteiger partial charge in [0, 0.05) is 16.2 Å². The number of thioether (sulfide) groups is 1. The standard InChI is InChI=1S/C13H19NO4S/c1-4-5-18-12-6-11(14(16)17)7-13(8-12)19-10(3)9(2)15/h6-10,15H,4-5H2,1-3H3. The number of nitrogens with zero attached hydrogens (tertiary/aromatic N) is 1. The fraction of sp³-hybridized carbons (Fsp3) is 0.538. The van der Waals surface area contributed by atoms with Crippen molar-refractivity contribution in [1.82, 2.24) is 0 Å². The van der Waals surface area contributed by atoms with Gasteiger partial charge in [-0.3, -0.25) is 10.1 Å². The van der Waals surface area contributed by atoms with Gasteiger partial charge >= 0.3 is 0 Å². The summed E-state index contributed by atoms with van der Waals surface area (Å²) in [5, 5.41) is 20.3. The van der Waals surface area contributed by atoms with Gasteiger partial charge in [-0.1, -0.05) is 13.8 Å². The van der Waals surface area contributed by atoms with Gasteiger partial charge in [0.1, 0.15) is 5.75 Å². The topological polar surface area (TPSA) is 72.6 Å². The summed E-state index contributed by atoms with van der Waals surface area (Å²) in [4.78, 5) is 11.2. The number of nitro benzene ring substituents is 1. The molecule has 1 aromatic rings. The first-order chi connectivity index (χ1) is 8.93. The van der Waals surface area contributed by atoms with Gasteiger partial charge in [-0.05, 0) is 19.4 Å². The van der Waals surface area contributed by atoms with Crippen LogP contribution in [0.5, 0.6) is 5.75 Å². The molecule has 0 aromatic heterocycles. The monoisotopic (exact) mass is 285 g/mol. The van der Waals surface area contributed by atoms with E-state index in [-0.39, 0.29) is 10.9 Å². The van der Waals surface area contributed by atoms with E-state index < -0.39 is 11.0 Å². The summed E-state index contributed by atoms with van der Waals surface area (Å²) in [5.41, 5.74) is 0.00824.